The number of halogens is 1. The summed E-state index contributed by atoms with van der Waals surface area (Å²) in [4.78, 5) is 16.0. The van der Waals surface area contributed by atoms with Crippen LogP contribution in [0, 0.1) is 5.41 Å². The fourth-order valence-electron chi connectivity index (χ4n) is 2.06. The first-order chi connectivity index (χ1) is 12.3. The number of para-hydroxylation sites is 2. The van der Waals surface area contributed by atoms with Crippen molar-refractivity contribution in [3.8, 4) is 11.5 Å². The van der Waals surface area contributed by atoms with Crippen LogP contribution in [0.3, 0.4) is 0 Å². The lowest BCUT2D eigenvalue weighted by atomic mass is 9.96. The van der Waals surface area contributed by atoms with E-state index in [2.05, 4.69) is 20.9 Å². The number of carbonyl (C=O) groups is 1. The third kappa shape index (κ3) is 9.69. The van der Waals surface area contributed by atoms with Crippen LogP contribution in [0.1, 0.15) is 27.7 Å². The van der Waals surface area contributed by atoms with Crippen molar-refractivity contribution in [2.75, 3.05) is 33.8 Å². The zero-order valence-electron chi connectivity index (χ0n) is 17.1. The van der Waals surface area contributed by atoms with Crippen LogP contribution in [0.15, 0.2) is 29.3 Å². The molecule has 8 heteroatoms. The third-order valence-electron chi connectivity index (χ3n) is 3.56. The number of hydrogen-bond acceptors (Lipinski definition) is 4. The first kappa shape index (κ1) is 25.3. The molecule has 3 N–H and O–H groups in total. The average Bonchev–Trinajstić information content (AvgIpc) is 2.60. The van der Waals surface area contributed by atoms with Gasteiger partial charge in [0.05, 0.1) is 13.7 Å². The average molecular weight is 492 g/mol. The molecule has 0 aliphatic carbocycles. The highest BCUT2D eigenvalue weighted by atomic mass is 127. The van der Waals surface area contributed by atoms with E-state index in [-0.39, 0.29) is 41.4 Å². The van der Waals surface area contributed by atoms with Gasteiger partial charge in [-0.25, -0.2) is 0 Å². The van der Waals surface area contributed by atoms with Crippen LogP contribution in [0.2, 0.25) is 0 Å². The van der Waals surface area contributed by atoms with Gasteiger partial charge in [0, 0.05) is 25.6 Å². The number of nitrogens with zero attached hydrogens (tertiary/aromatic N) is 1. The molecule has 0 saturated carbocycles. The summed E-state index contributed by atoms with van der Waals surface area (Å²) in [6.45, 7) is 9.33. The minimum absolute atomic E-state index is 0. The molecular weight excluding hydrogens is 459 g/mol. The number of guanidine groups is 1. The number of nitrogens with one attached hydrogen (secondary N) is 3. The van der Waals surface area contributed by atoms with Crippen LogP contribution >= 0.6 is 24.0 Å². The molecule has 1 aromatic carbocycles. The standard InChI is InChI=1S/C19H32N4O3.HI/c1-14(26-16-10-8-7-9-15(16)25-6)13-23-18(20-5)22-12-11-21-17(24)19(2,3)4;/h7-10,14H,11-13H2,1-6H3,(H,21,24)(H2,20,22,23);1H. The summed E-state index contributed by atoms with van der Waals surface area (Å²) in [6, 6.07) is 7.55. The maximum Gasteiger partial charge on any atom is 0.225 e. The van der Waals surface area contributed by atoms with Gasteiger partial charge in [-0.1, -0.05) is 32.9 Å². The Hall–Kier alpha value is -1.71. The number of benzene rings is 1. The van der Waals surface area contributed by atoms with Crippen molar-refractivity contribution in [1.82, 2.24) is 16.0 Å². The van der Waals surface area contributed by atoms with E-state index in [9.17, 15) is 4.79 Å². The van der Waals surface area contributed by atoms with Crippen LogP contribution < -0.4 is 25.4 Å². The molecule has 27 heavy (non-hydrogen) atoms. The minimum Gasteiger partial charge on any atom is -0.493 e. The summed E-state index contributed by atoms with van der Waals surface area (Å²) < 4.78 is 11.2. The largest absolute Gasteiger partial charge is 0.493 e. The van der Waals surface area contributed by atoms with E-state index in [1.165, 1.54) is 0 Å². The second-order valence-corrected chi connectivity index (χ2v) is 6.97. The van der Waals surface area contributed by atoms with Crippen LogP contribution in [0.5, 0.6) is 11.5 Å². The Morgan fingerprint density at radius 2 is 1.70 bits per heavy atom. The quantitative estimate of drug-likeness (QED) is 0.225. The number of aliphatic imine (C=N–C) groups is 1. The summed E-state index contributed by atoms with van der Waals surface area (Å²) in [5, 5.41) is 9.26. The van der Waals surface area contributed by atoms with Gasteiger partial charge in [-0.3, -0.25) is 9.79 Å². The third-order valence-corrected chi connectivity index (χ3v) is 3.56. The van der Waals surface area contributed by atoms with E-state index >= 15 is 0 Å². The van der Waals surface area contributed by atoms with Crippen molar-refractivity contribution in [1.29, 1.82) is 0 Å². The molecule has 1 atom stereocenters. The van der Waals surface area contributed by atoms with Crippen LogP contribution in [0.25, 0.3) is 0 Å². The van der Waals surface area contributed by atoms with Crippen molar-refractivity contribution in [2.45, 2.75) is 33.8 Å². The molecule has 0 aromatic heterocycles. The zero-order chi connectivity index (χ0) is 19.6. The van der Waals surface area contributed by atoms with E-state index < -0.39 is 0 Å². The molecule has 0 saturated heterocycles. The molecular formula is C19H33IN4O3. The predicted octanol–water partition coefficient (Wildman–Crippen LogP) is 2.41. The van der Waals surface area contributed by atoms with Gasteiger partial charge >= 0.3 is 0 Å². The second-order valence-electron chi connectivity index (χ2n) is 6.97. The van der Waals surface area contributed by atoms with Crippen molar-refractivity contribution >= 4 is 35.8 Å². The maximum atomic E-state index is 11.8. The summed E-state index contributed by atoms with van der Waals surface area (Å²) in [6.07, 6.45) is -0.0783. The zero-order valence-corrected chi connectivity index (χ0v) is 19.4. The van der Waals surface area contributed by atoms with Crippen molar-refractivity contribution in [2.24, 2.45) is 10.4 Å². The molecule has 0 aliphatic heterocycles. The molecule has 7 nitrogen and oxygen atoms in total. The lowest BCUT2D eigenvalue weighted by Crippen LogP contribution is -2.45. The van der Waals surface area contributed by atoms with Crippen LogP contribution in [0.4, 0.5) is 0 Å². The first-order valence-electron chi connectivity index (χ1n) is 8.80. The number of methoxy groups -OCH3 is 1. The highest BCUT2D eigenvalue weighted by Gasteiger charge is 2.20. The Morgan fingerprint density at radius 1 is 1.11 bits per heavy atom. The summed E-state index contributed by atoms with van der Waals surface area (Å²) in [5.74, 6) is 2.10. The Labute approximate surface area is 179 Å². The van der Waals surface area contributed by atoms with Gasteiger partial charge in [0.2, 0.25) is 5.91 Å². The fourth-order valence-corrected chi connectivity index (χ4v) is 2.06. The molecule has 1 rings (SSSR count). The molecule has 1 unspecified atom stereocenters. The first-order valence-corrected chi connectivity index (χ1v) is 8.80. The van der Waals surface area contributed by atoms with E-state index in [1.54, 1.807) is 14.2 Å². The van der Waals surface area contributed by atoms with E-state index in [4.69, 9.17) is 9.47 Å². The molecule has 0 heterocycles. The minimum atomic E-state index is -0.384. The molecule has 0 spiro atoms. The maximum absolute atomic E-state index is 11.8. The second kappa shape index (κ2) is 12.6. The monoisotopic (exact) mass is 492 g/mol. The highest BCUT2D eigenvalue weighted by molar-refractivity contribution is 14.0. The van der Waals surface area contributed by atoms with Gasteiger partial charge in [0.25, 0.3) is 0 Å². The smallest absolute Gasteiger partial charge is 0.225 e. The Bertz CT molecular complexity index is 603. The van der Waals surface area contributed by atoms with Crippen molar-refractivity contribution in [3.63, 3.8) is 0 Å². The van der Waals surface area contributed by atoms with Crippen molar-refractivity contribution < 1.29 is 14.3 Å². The van der Waals surface area contributed by atoms with E-state index in [1.807, 2.05) is 52.0 Å². The number of amides is 1. The van der Waals surface area contributed by atoms with Crippen molar-refractivity contribution in [3.05, 3.63) is 24.3 Å². The van der Waals surface area contributed by atoms with E-state index in [0.717, 1.165) is 0 Å². The number of rotatable bonds is 8. The number of hydrogen-bond donors (Lipinski definition) is 3. The summed E-state index contributed by atoms with van der Waals surface area (Å²) >= 11 is 0. The van der Waals surface area contributed by atoms with Gasteiger partial charge in [-0.2, -0.15) is 0 Å². The number of ether oxygens (including phenoxy) is 2. The van der Waals surface area contributed by atoms with Crippen LogP contribution in [-0.2, 0) is 4.79 Å². The lowest BCUT2D eigenvalue weighted by molar-refractivity contribution is -0.128. The molecule has 0 radical (unpaired) electrons. The lowest BCUT2D eigenvalue weighted by Gasteiger charge is -2.20. The number of carbonyl (C=O) groups excluding carboxylic acids is 1. The summed E-state index contributed by atoms with van der Waals surface area (Å²) in [7, 11) is 3.32. The molecule has 1 amide bonds. The SMILES string of the molecule is CN=C(NCCNC(=O)C(C)(C)C)NCC(C)Oc1ccccc1OC.I. The highest BCUT2D eigenvalue weighted by Crippen LogP contribution is 2.26. The Morgan fingerprint density at radius 3 is 2.26 bits per heavy atom. The Balaban J connectivity index is 0.00000676. The van der Waals surface area contributed by atoms with Gasteiger partial charge < -0.3 is 25.4 Å². The van der Waals surface area contributed by atoms with Gasteiger partial charge in [0.1, 0.15) is 6.10 Å². The Kier molecular flexibility index (Phi) is 11.8. The molecule has 154 valence electrons. The predicted molar refractivity (Wildman–Crippen MR) is 120 cm³/mol. The molecule has 0 fully saturated rings. The molecule has 0 bridgehead atoms. The van der Waals surface area contributed by atoms with Gasteiger partial charge in [-0.05, 0) is 19.1 Å². The van der Waals surface area contributed by atoms with Gasteiger partial charge in [-0.15, -0.1) is 24.0 Å². The van der Waals surface area contributed by atoms with E-state index in [0.29, 0.717) is 37.1 Å². The molecule has 0 aliphatic rings. The van der Waals surface area contributed by atoms with Gasteiger partial charge in [0.15, 0.2) is 17.5 Å². The fraction of sp³-hybridized carbons (Fsp3) is 0.579. The summed E-state index contributed by atoms with van der Waals surface area (Å²) in [5.41, 5.74) is -0.384. The van der Waals surface area contributed by atoms with Crippen LogP contribution in [-0.4, -0.2) is 51.8 Å². The normalized spacial score (nSPS) is 12.4. The topological polar surface area (TPSA) is 84.0 Å². The molecule has 1 aromatic rings.